The summed E-state index contributed by atoms with van der Waals surface area (Å²) in [6, 6.07) is 3.63. The first-order chi connectivity index (χ1) is 11.6. The Hall–Kier alpha value is -2.08. The minimum Gasteiger partial charge on any atom is -0.335 e. The number of urea groups is 1. The van der Waals surface area contributed by atoms with Crippen molar-refractivity contribution in [2.24, 2.45) is 0 Å². The van der Waals surface area contributed by atoms with Gasteiger partial charge in [-0.2, -0.15) is 0 Å². The lowest BCUT2D eigenvalue weighted by Gasteiger charge is -2.36. The maximum absolute atomic E-state index is 12.6. The van der Waals surface area contributed by atoms with Gasteiger partial charge in [-0.3, -0.25) is 0 Å². The van der Waals surface area contributed by atoms with Gasteiger partial charge in [-0.25, -0.2) is 14.8 Å². The van der Waals surface area contributed by atoms with Crippen LogP contribution < -0.4 is 5.32 Å². The van der Waals surface area contributed by atoms with Crippen molar-refractivity contribution in [1.82, 2.24) is 19.4 Å². The van der Waals surface area contributed by atoms with Gasteiger partial charge in [0.05, 0.1) is 11.9 Å². The van der Waals surface area contributed by atoms with Crippen LogP contribution in [0.1, 0.15) is 31.5 Å². The van der Waals surface area contributed by atoms with Gasteiger partial charge < -0.3 is 14.8 Å². The van der Waals surface area contributed by atoms with Crippen LogP contribution in [0.25, 0.3) is 0 Å². The second kappa shape index (κ2) is 7.66. The molecule has 128 valence electrons. The Balaban J connectivity index is 1.61. The Kier molecular flexibility index (Phi) is 5.35. The zero-order chi connectivity index (χ0) is 16.9. The van der Waals surface area contributed by atoms with Crippen molar-refractivity contribution < 1.29 is 4.79 Å². The van der Waals surface area contributed by atoms with Crippen LogP contribution in [0.5, 0.6) is 0 Å². The van der Waals surface area contributed by atoms with Crippen LogP contribution in [0.3, 0.4) is 0 Å². The Morgan fingerprint density at radius 3 is 2.96 bits per heavy atom. The van der Waals surface area contributed by atoms with Crippen molar-refractivity contribution in [3.8, 4) is 0 Å². The van der Waals surface area contributed by atoms with Crippen LogP contribution in [0.2, 0.25) is 5.15 Å². The molecule has 7 heteroatoms. The summed E-state index contributed by atoms with van der Waals surface area (Å²) in [5, 5.41) is 3.34. The van der Waals surface area contributed by atoms with E-state index in [-0.39, 0.29) is 12.1 Å². The predicted molar refractivity (Wildman–Crippen MR) is 94.2 cm³/mol. The van der Waals surface area contributed by atoms with Crippen LogP contribution in [0.4, 0.5) is 10.5 Å². The third-order valence-electron chi connectivity index (χ3n) is 4.49. The van der Waals surface area contributed by atoms with Crippen molar-refractivity contribution in [1.29, 1.82) is 0 Å². The van der Waals surface area contributed by atoms with Gasteiger partial charge in [-0.05, 0) is 44.7 Å². The molecule has 0 spiro atoms. The molecule has 2 aromatic rings. The largest absolute Gasteiger partial charge is 0.335 e. The number of carbonyl (C=O) groups is 1. The van der Waals surface area contributed by atoms with E-state index in [9.17, 15) is 4.79 Å². The summed E-state index contributed by atoms with van der Waals surface area (Å²) in [6.45, 7) is 3.67. The number of nitrogens with zero attached hydrogens (tertiary/aromatic N) is 4. The SMILES string of the molecule is Cc1nccn1CC[C@H]1CCCCN1C(=O)Nc1ccc(Cl)nc1. The van der Waals surface area contributed by atoms with Crippen LogP contribution in [-0.4, -0.2) is 38.1 Å². The molecular weight excluding hydrogens is 326 g/mol. The Morgan fingerprint density at radius 2 is 2.25 bits per heavy atom. The quantitative estimate of drug-likeness (QED) is 0.857. The number of nitrogens with one attached hydrogen (secondary N) is 1. The van der Waals surface area contributed by atoms with Gasteiger partial charge in [0.15, 0.2) is 0 Å². The van der Waals surface area contributed by atoms with Crippen molar-refractivity contribution in [3.05, 3.63) is 41.7 Å². The van der Waals surface area contributed by atoms with Crippen LogP contribution >= 0.6 is 11.6 Å². The number of amides is 2. The highest BCUT2D eigenvalue weighted by atomic mass is 35.5. The molecule has 1 N–H and O–H groups in total. The maximum Gasteiger partial charge on any atom is 0.322 e. The number of imidazole rings is 1. The minimum atomic E-state index is -0.0637. The maximum atomic E-state index is 12.6. The van der Waals surface area contributed by atoms with Crippen molar-refractivity contribution in [2.75, 3.05) is 11.9 Å². The van der Waals surface area contributed by atoms with Crippen molar-refractivity contribution >= 4 is 23.3 Å². The van der Waals surface area contributed by atoms with E-state index in [2.05, 4.69) is 19.9 Å². The average molecular weight is 348 g/mol. The first-order valence-corrected chi connectivity index (χ1v) is 8.68. The lowest BCUT2D eigenvalue weighted by Crippen LogP contribution is -2.46. The van der Waals surface area contributed by atoms with E-state index >= 15 is 0 Å². The number of aryl methyl sites for hydroxylation is 2. The number of hydrogen-bond acceptors (Lipinski definition) is 3. The molecule has 1 atom stereocenters. The third-order valence-corrected chi connectivity index (χ3v) is 4.72. The fourth-order valence-corrected chi connectivity index (χ4v) is 3.25. The molecule has 1 fully saturated rings. The number of halogens is 1. The summed E-state index contributed by atoms with van der Waals surface area (Å²) in [4.78, 5) is 22.8. The van der Waals surface area contributed by atoms with Gasteiger partial charge in [-0.1, -0.05) is 11.6 Å². The predicted octanol–water partition coefficient (Wildman–Crippen LogP) is 3.72. The fraction of sp³-hybridized carbons (Fsp3) is 0.471. The number of aromatic nitrogens is 3. The number of anilines is 1. The number of likely N-dealkylation sites (tertiary alicyclic amines) is 1. The van der Waals surface area contributed by atoms with Crippen molar-refractivity contribution in [2.45, 2.75) is 45.2 Å². The van der Waals surface area contributed by atoms with Gasteiger partial charge in [0.2, 0.25) is 0 Å². The van der Waals surface area contributed by atoms with Crippen LogP contribution in [0, 0.1) is 6.92 Å². The van der Waals surface area contributed by atoms with E-state index in [0.717, 1.165) is 38.2 Å². The summed E-state index contributed by atoms with van der Waals surface area (Å²) >= 11 is 5.78. The summed E-state index contributed by atoms with van der Waals surface area (Å²) in [5.41, 5.74) is 0.666. The molecule has 3 rings (SSSR count). The fourth-order valence-electron chi connectivity index (χ4n) is 3.14. The number of pyridine rings is 1. The summed E-state index contributed by atoms with van der Waals surface area (Å²) in [6.07, 6.45) is 9.57. The Morgan fingerprint density at radius 1 is 1.38 bits per heavy atom. The number of carbonyl (C=O) groups excluding carboxylic acids is 1. The van der Waals surface area contributed by atoms with E-state index in [1.54, 1.807) is 18.3 Å². The van der Waals surface area contributed by atoms with E-state index in [4.69, 9.17) is 11.6 Å². The molecular formula is C17H22ClN5O. The second-order valence-electron chi connectivity index (χ2n) is 6.10. The molecule has 0 bridgehead atoms. The van der Waals surface area contributed by atoms with Crippen LogP contribution in [0.15, 0.2) is 30.7 Å². The first-order valence-electron chi connectivity index (χ1n) is 8.30. The molecule has 1 aliphatic heterocycles. The molecule has 0 saturated carbocycles. The summed E-state index contributed by atoms with van der Waals surface area (Å²) in [5.74, 6) is 1.01. The second-order valence-corrected chi connectivity index (χ2v) is 6.49. The van der Waals surface area contributed by atoms with Crippen molar-refractivity contribution in [3.63, 3.8) is 0 Å². The van der Waals surface area contributed by atoms with Gasteiger partial charge in [-0.15, -0.1) is 0 Å². The van der Waals surface area contributed by atoms with Gasteiger partial charge >= 0.3 is 6.03 Å². The lowest BCUT2D eigenvalue weighted by molar-refractivity contribution is 0.155. The van der Waals surface area contributed by atoms with Gasteiger partial charge in [0, 0.05) is 31.5 Å². The zero-order valence-electron chi connectivity index (χ0n) is 13.8. The normalized spacial score (nSPS) is 17.8. The monoisotopic (exact) mass is 347 g/mol. The highest BCUT2D eigenvalue weighted by molar-refractivity contribution is 6.29. The highest BCUT2D eigenvalue weighted by Gasteiger charge is 2.26. The summed E-state index contributed by atoms with van der Waals surface area (Å²) < 4.78 is 2.13. The van der Waals surface area contributed by atoms with E-state index in [1.165, 1.54) is 6.42 Å². The molecule has 0 aliphatic carbocycles. The molecule has 3 heterocycles. The Labute approximate surface area is 146 Å². The zero-order valence-corrected chi connectivity index (χ0v) is 14.5. The average Bonchev–Trinajstić information content (AvgIpc) is 3.00. The van der Waals surface area contributed by atoms with E-state index < -0.39 is 0 Å². The smallest absolute Gasteiger partial charge is 0.322 e. The molecule has 2 amide bonds. The molecule has 6 nitrogen and oxygen atoms in total. The molecule has 1 saturated heterocycles. The number of piperidine rings is 1. The Bertz CT molecular complexity index is 685. The topological polar surface area (TPSA) is 63.1 Å². The number of hydrogen-bond donors (Lipinski definition) is 1. The third kappa shape index (κ3) is 4.06. The molecule has 2 aromatic heterocycles. The minimum absolute atomic E-state index is 0.0637. The number of rotatable bonds is 4. The molecule has 0 unspecified atom stereocenters. The molecule has 24 heavy (non-hydrogen) atoms. The molecule has 0 radical (unpaired) electrons. The lowest BCUT2D eigenvalue weighted by atomic mass is 9.99. The first kappa shape index (κ1) is 16.8. The molecule has 1 aliphatic rings. The van der Waals surface area contributed by atoms with E-state index in [1.807, 2.05) is 24.2 Å². The highest BCUT2D eigenvalue weighted by Crippen LogP contribution is 2.22. The summed E-state index contributed by atoms with van der Waals surface area (Å²) in [7, 11) is 0. The van der Waals surface area contributed by atoms with Gasteiger partial charge in [0.25, 0.3) is 0 Å². The van der Waals surface area contributed by atoms with Gasteiger partial charge in [0.1, 0.15) is 11.0 Å². The molecule has 0 aromatic carbocycles. The van der Waals surface area contributed by atoms with Crippen LogP contribution in [-0.2, 0) is 6.54 Å². The standard InChI is InChI=1S/C17H22ClN5O/c1-13-19-8-11-22(13)10-7-15-4-2-3-9-23(15)17(24)21-14-5-6-16(18)20-12-14/h5-6,8,11-12,15H,2-4,7,9-10H2,1H3,(H,21,24)/t15-/m1/s1. The van der Waals surface area contributed by atoms with E-state index in [0.29, 0.717) is 10.8 Å².